The minimum Gasteiger partial charge on any atom is -0.355 e. The molecule has 0 spiro atoms. The second kappa shape index (κ2) is 7.98. The molecule has 29 heavy (non-hydrogen) atoms. The predicted octanol–water partition coefficient (Wildman–Crippen LogP) is 2.14. The van der Waals surface area contributed by atoms with Gasteiger partial charge in [-0.05, 0) is 36.2 Å². The lowest BCUT2D eigenvalue weighted by Gasteiger charge is -2.38. The third kappa shape index (κ3) is 3.83. The number of nitrogens with one attached hydrogen (secondary N) is 1. The Morgan fingerprint density at radius 1 is 1.24 bits per heavy atom. The first-order valence-corrected chi connectivity index (χ1v) is 9.62. The van der Waals surface area contributed by atoms with Gasteiger partial charge in [-0.2, -0.15) is 0 Å². The number of nitrogens with zero attached hydrogens (tertiary/aromatic N) is 4. The number of carbonyl (C=O) groups excluding carboxylic acids is 2. The van der Waals surface area contributed by atoms with Gasteiger partial charge in [0.2, 0.25) is 11.8 Å². The zero-order valence-corrected chi connectivity index (χ0v) is 16.1. The molecule has 8 heteroatoms. The van der Waals surface area contributed by atoms with Crippen molar-refractivity contribution in [3.63, 3.8) is 0 Å². The standard InChI is InChI=1S/C21H22FN5O2/c1-26-19(28)9-8-16(20(26)14-5-4-6-15(22)13-14)21(29)23-11-10-18-25-24-17-7-2-3-12-27(17)18/h2-7,12-13,16,20H,8-11H2,1H3,(H,23,29). The van der Waals surface area contributed by atoms with E-state index in [0.717, 1.165) is 11.5 Å². The number of benzene rings is 1. The average molecular weight is 395 g/mol. The molecule has 2 aromatic heterocycles. The van der Waals surface area contributed by atoms with Crippen molar-refractivity contribution in [1.29, 1.82) is 0 Å². The molecule has 1 N–H and O–H groups in total. The van der Waals surface area contributed by atoms with Crippen LogP contribution in [0.25, 0.3) is 5.65 Å². The molecule has 150 valence electrons. The summed E-state index contributed by atoms with van der Waals surface area (Å²) in [6.07, 6.45) is 3.15. The van der Waals surface area contributed by atoms with Crippen molar-refractivity contribution in [3.05, 3.63) is 65.9 Å². The maximum absolute atomic E-state index is 13.7. The van der Waals surface area contributed by atoms with Crippen LogP contribution in [0.3, 0.4) is 0 Å². The molecule has 1 saturated heterocycles. The predicted molar refractivity (Wildman–Crippen MR) is 104 cm³/mol. The minimum absolute atomic E-state index is 0.0433. The zero-order chi connectivity index (χ0) is 20.4. The molecule has 1 aliphatic rings. The lowest BCUT2D eigenvalue weighted by atomic mass is 9.84. The van der Waals surface area contributed by atoms with Gasteiger partial charge < -0.3 is 10.2 Å². The summed E-state index contributed by atoms with van der Waals surface area (Å²) < 4.78 is 15.6. The molecule has 1 aliphatic heterocycles. The summed E-state index contributed by atoms with van der Waals surface area (Å²) in [7, 11) is 1.67. The average Bonchev–Trinajstić information content (AvgIpc) is 3.13. The van der Waals surface area contributed by atoms with Crippen molar-refractivity contribution in [2.24, 2.45) is 5.92 Å². The number of likely N-dealkylation sites (tertiary alicyclic amines) is 1. The van der Waals surface area contributed by atoms with Gasteiger partial charge in [0.1, 0.15) is 11.6 Å². The van der Waals surface area contributed by atoms with Crippen LogP contribution in [0.4, 0.5) is 4.39 Å². The van der Waals surface area contributed by atoms with Gasteiger partial charge in [-0.1, -0.05) is 18.2 Å². The number of rotatable bonds is 5. The highest BCUT2D eigenvalue weighted by Crippen LogP contribution is 2.36. The molecule has 4 rings (SSSR count). The van der Waals surface area contributed by atoms with Crippen LogP contribution in [-0.4, -0.2) is 44.9 Å². The smallest absolute Gasteiger partial charge is 0.225 e. The normalized spacial score (nSPS) is 19.5. The largest absolute Gasteiger partial charge is 0.355 e. The Kier molecular flexibility index (Phi) is 5.24. The van der Waals surface area contributed by atoms with Crippen LogP contribution >= 0.6 is 0 Å². The summed E-state index contributed by atoms with van der Waals surface area (Å²) in [5.74, 6) is -0.245. The van der Waals surface area contributed by atoms with Crippen molar-refractivity contribution in [1.82, 2.24) is 24.8 Å². The highest BCUT2D eigenvalue weighted by Gasteiger charge is 2.38. The maximum Gasteiger partial charge on any atom is 0.225 e. The third-order valence-electron chi connectivity index (χ3n) is 5.42. The number of halogens is 1. The summed E-state index contributed by atoms with van der Waals surface area (Å²) in [6, 6.07) is 11.3. The van der Waals surface area contributed by atoms with Crippen molar-refractivity contribution in [2.75, 3.05) is 13.6 Å². The summed E-state index contributed by atoms with van der Waals surface area (Å²) >= 11 is 0. The van der Waals surface area contributed by atoms with Gasteiger partial charge in [-0.15, -0.1) is 10.2 Å². The van der Waals surface area contributed by atoms with Crippen LogP contribution < -0.4 is 5.32 Å². The Balaban J connectivity index is 1.46. The first kappa shape index (κ1) is 19.0. The number of amides is 2. The first-order valence-electron chi connectivity index (χ1n) is 9.62. The fourth-order valence-corrected chi connectivity index (χ4v) is 3.95. The van der Waals surface area contributed by atoms with Gasteiger partial charge in [0.15, 0.2) is 5.65 Å². The molecular weight excluding hydrogens is 373 g/mol. The monoisotopic (exact) mass is 395 g/mol. The van der Waals surface area contributed by atoms with E-state index >= 15 is 0 Å². The molecule has 0 bridgehead atoms. The number of aromatic nitrogens is 3. The topological polar surface area (TPSA) is 79.6 Å². The van der Waals surface area contributed by atoms with Crippen molar-refractivity contribution >= 4 is 17.5 Å². The third-order valence-corrected chi connectivity index (χ3v) is 5.42. The molecule has 0 radical (unpaired) electrons. The van der Waals surface area contributed by atoms with Crippen LogP contribution in [0, 0.1) is 11.7 Å². The maximum atomic E-state index is 13.7. The second-order valence-corrected chi connectivity index (χ2v) is 7.24. The number of fused-ring (bicyclic) bond motifs is 1. The van der Waals surface area contributed by atoms with Crippen molar-refractivity contribution in [3.8, 4) is 0 Å². The van der Waals surface area contributed by atoms with Crippen LogP contribution in [-0.2, 0) is 16.0 Å². The summed E-state index contributed by atoms with van der Waals surface area (Å²) in [6.45, 7) is 0.401. The summed E-state index contributed by atoms with van der Waals surface area (Å²) in [4.78, 5) is 26.7. The van der Waals surface area contributed by atoms with Gasteiger partial charge in [-0.25, -0.2) is 4.39 Å². The van der Waals surface area contributed by atoms with Gasteiger partial charge in [-0.3, -0.25) is 14.0 Å². The number of hydrogen-bond acceptors (Lipinski definition) is 4. The van der Waals surface area contributed by atoms with Gasteiger partial charge in [0.25, 0.3) is 0 Å². The molecule has 0 aliphatic carbocycles. The van der Waals surface area contributed by atoms with Crippen molar-refractivity contribution in [2.45, 2.75) is 25.3 Å². The highest BCUT2D eigenvalue weighted by molar-refractivity contribution is 5.84. The minimum atomic E-state index is -0.485. The molecule has 2 atom stereocenters. The number of hydrogen-bond donors (Lipinski definition) is 1. The van der Waals surface area contributed by atoms with E-state index < -0.39 is 12.0 Å². The van der Waals surface area contributed by atoms with Crippen molar-refractivity contribution < 1.29 is 14.0 Å². The Labute approximate surface area is 167 Å². The molecule has 7 nitrogen and oxygen atoms in total. The number of piperidine rings is 1. The molecule has 1 fully saturated rings. The zero-order valence-electron chi connectivity index (χ0n) is 16.1. The van der Waals surface area contributed by atoms with E-state index in [9.17, 15) is 14.0 Å². The lowest BCUT2D eigenvalue weighted by molar-refractivity contribution is -0.141. The molecule has 3 aromatic rings. The molecule has 0 saturated carbocycles. The number of pyridine rings is 1. The quantitative estimate of drug-likeness (QED) is 0.718. The first-order chi connectivity index (χ1) is 14.0. The summed E-state index contributed by atoms with van der Waals surface area (Å²) in [5.41, 5.74) is 1.39. The highest BCUT2D eigenvalue weighted by atomic mass is 19.1. The van der Waals surface area contributed by atoms with E-state index in [1.165, 1.54) is 12.1 Å². The summed E-state index contributed by atoms with van der Waals surface area (Å²) in [5, 5.41) is 11.2. The van der Waals surface area contributed by atoms with E-state index in [1.807, 2.05) is 28.8 Å². The molecule has 2 unspecified atom stereocenters. The fraction of sp³-hybridized carbons (Fsp3) is 0.333. The lowest BCUT2D eigenvalue weighted by Crippen LogP contribution is -2.46. The van der Waals surface area contributed by atoms with Crippen LogP contribution in [0.5, 0.6) is 0 Å². The van der Waals surface area contributed by atoms with E-state index in [2.05, 4.69) is 15.5 Å². The van der Waals surface area contributed by atoms with Gasteiger partial charge >= 0.3 is 0 Å². The SMILES string of the molecule is CN1C(=O)CCC(C(=O)NCCc2nnc3ccccn23)C1c1cccc(F)c1. The Bertz CT molecular complexity index is 1050. The van der Waals surface area contributed by atoms with Crippen LogP contribution in [0.1, 0.15) is 30.3 Å². The molecular formula is C21H22FN5O2. The Morgan fingerprint density at radius 2 is 2.10 bits per heavy atom. The van der Waals surface area contributed by atoms with Crippen LogP contribution in [0.15, 0.2) is 48.7 Å². The Morgan fingerprint density at radius 3 is 2.93 bits per heavy atom. The van der Waals surface area contributed by atoms with Crippen LogP contribution in [0.2, 0.25) is 0 Å². The number of carbonyl (C=O) groups is 2. The van der Waals surface area contributed by atoms with Gasteiger partial charge in [0.05, 0.1) is 12.0 Å². The van der Waals surface area contributed by atoms with E-state index in [-0.39, 0.29) is 17.6 Å². The molecule has 3 heterocycles. The van der Waals surface area contributed by atoms with Gasteiger partial charge in [0, 0.05) is 32.6 Å². The van der Waals surface area contributed by atoms with E-state index in [4.69, 9.17) is 0 Å². The second-order valence-electron chi connectivity index (χ2n) is 7.24. The van der Waals surface area contributed by atoms with E-state index in [1.54, 1.807) is 24.1 Å². The van der Waals surface area contributed by atoms with E-state index in [0.29, 0.717) is 31.4 Å². The Hall–Kier alpha value is -3.29. The fourth-order valence-electron chi connectivity index (χ4n) is 3.95. The molecule has 2 amide bonds. The molecule has 1 aromatic carbocycles.